The molecular formula is C53H34N4. The van der Waals surface area contributed by atoms with Gasteiger partial charge in [-0.15, -0.1) is 0 Å². The third-order valence-electron chi connectivity index (χ3n) is 11.1. The predicted molar refractivity (Wildman–Crippen MR) is 236 cm³/mol. The highest BCUT2D eigenvalue weighted by Crippen LogP contribution is 2.40. The summed E-state index contributed by atoms with van der Waals surface area (Å²) in [6.45, 7) is 0. The number of nitrogens with zero attached hydrogens (tertiary/aromatic N) is 4. The lowest BCUT2D eigenvalue weighted by atomic mass is 9.94. The fourth-order valence-electron chi connectivity index (χ4n) is 8.35. The van der Waals surface area contributed by atoms with Crippen molar-refractivity contribution in [1.82, 2.24) is 19.5 Å². The molecule has 9 aromatic carbocycles. The van der Waals surface area contributed by atoms with Gasteiger partial charge in [0, 0.05) is 33.0 Å². The first-order chi connectivity index (χ1) is 28.3. The molecule has 0 aliphatic carbocycles. The molecule has 2 aromatic heterocycles. The maximum Gasteiger partial charge on any atom is 0.164 e. The molecule has 0 unspecified atom stereocenters. The molecule has 0 aliphatic rings. The predicted octanol–water partition coefficient (Wildman–Crippen LogP) is 13.6. The largest absolute Gasteiger partial charge is 0.309 e. The third-order valence-corrected chi connectivity index (χ3v) is 11.1. The van der Waals surface area contributed by atoms with Gasteiger partial charge in [0.25, 0.3) is 0 Å². The van der Waals surface area contributed by atoms with Gasteiger partial charge in [-0.25, -0.2) is 15.0 Å². The van der Waals surface area contributed by atoms with Crippen LogP contribution in [0.2, 0.25) is 0 Å². The van der Waals surface area contributed by atoms with Crippen molar-refractivity contribution >= 4 is 43.4 Å². The van der Waals surface area contributed by atoms with E-state index in [4.69, 9.17) is 15.0 Å². The summed E-state index contributed by atoms with van der Waals surface area (Å²) in [6.07, 6.45) is 0. The standard InChI is InChI=1S/C53H34N4/c1-3-16-36(17-4-1)41-31-32-47(44-22-10-9-21-43(41)44)53-55-51(39-28-27-35-15-7-8-20-38(35)33-39)54-52(56-53)40-29-30-42(37-18-5-2-6-19-37)50(34-40)57-48-25-13-11-23-45(48)46-24-12-14-26-49(46)57/h1-34H. The first-order valence-corrected chi connectivity index (χ1v) is 19.3. The van der Waals surface area contributed by atoms with Crippen LogP contribution in [0.3, 0.4) is 0 Å². The molecule has 0 N–H and O–H groups in total. The van der Waals surface area contributed by atoms with E-state index in [0.29, 0.717) is 17.5 Å². The summed E-state index contributed by atoms with van der Waals surface area (Å²) < 4.78 is 2.39. The maximum atomic E-state index is 5.33. The van der Waals surface area contributed by atoms with Crippen molar-refractivity contribution in [1.29, 1.82) is 0 Å². The minimum Gasteiger partial charge on any atom is -0.309 e. The van der Waals surface area contributed by atoms with E-state index in [0.717, 1.165) is 60.7 Å². The Hall–Kier alpha value is -7.69. The van der Waals surface area contributed by atoms with Gasteiger partial charge in [0.15, 0.2) is 17.5 Å². The van der Waals surface area contributed by atoms with E-state index in [9.17, 15) is 0 Å². The molecule has 0 fully saturated rings. The Kier molecular flexibility index (Phi) is 7.78. The number of hydrogen-bond acceptors (Lipinski definition) is 3. The van der Waals surface area contributed by atoms with E-state index < -0.39 is 0 Å². The van der Waals surface area contributed by atoms with Crippen LogP contribution < -0.4 is 0 Å². The van der Waals surface area contributed by atoms with Gasteiger partial charge in [-0.1, -0.05) is 176 Å². The molecule has 4 heteroatoms. The number of benzene rings is 9. The number of para-hydroxylation sites is 2. The summed E-state index contributed by atoms with van der Waals surface area (Å²) in [5.41, 5.74) is 10.8. The lowest BCUT2D eigenvalue weighted by molar-refractivity contribution is 1.07. The molecule has 57 heavy (non-hydrogen) atoms. The zero-order valence-electron chi connectivity index (χ0n) is 30.9. The molecule has 11 rings (SSSR count). The summed E-state index contributed by atoms with van der Waals surface area (Å²) in [6, 6.07) is 72.8. The van der Waals surface area contributed by atoms with Gasteiger partial charge in [-0.3, -0.25) is 0 Å². The van der Waals surface area contributed by atoms with Crippen LogP contribution >= 0.6 is 0 Å². The molecule has 0 spiro atoms. The SMILES string of the molecule is c1ccc(-c2ccc(-c3nc(-c4ccc5ccccc5c4)nc(-c4ccc(-c5ccccc5)c5ccccc45)n3)cc2-n2c3ccccc3c3ccccc32)cc1. The Morgan fingerprint density at radius 3 is 1.40 bits per heavy atom. The van der Waals surface area contributed by atoms with Crippen LogP contribution in [-0.2, 0) is 0 Å². The summed E-state index contributed by atoms with van der Waals surface area (Å²) in [4.78, 5) is 15.9. The van der Waals surface area contributed by atoms with Gasteiger partial charge in [-0.2, -0.15) is 0 Å². The fourth-order valence-corrected chi connectivity index (χ4v) is 8.35. The molecule has 0 saturated heterocycles. The van der Waals surface area contributed by atoms with Crippen LogP contribution in [0.5, 0.6) is 0 Å². The smallest absolute Gasteiger partial charge is 0.164 e. The normalized spacial score (nSPS) is 11.5. The van der Waals surface area contributed by atoms with E-state index in [-0.39, 0.29) is 0 Å². The number of rotatable bonds is 6. The average Bonchev–Trinajstić information content (AvgIpc) is 3.63. The van der Waals surface area contributed by atoms with Crippen molar-refractivity contribution in [3.63, 3.8) is 0 Å². The Balaban J connectivity index is 1.17. The number of aromatic nitrogens is 4. The average molecular weight is 727 g/mol. The lowest BCUT2D eigenvalue weighted by Crippen LogP contribution is -2.02. The number of fused-ring (bicyclic) bond motifs is 5. The van der Waals surface area contributed by atoms with Gasteiger partial charge < -0.3 is 4.57 Å². The second kappa shape index (κ2) is 13.6. The monoisotopic (exact) mass is 726 g/mol. The van der Waals surface area contributed by atoms with Gasteiger partial charge in [0.05, 0.1) is 16.7 Å². The maximum absolute atomic E-state index is 5.33. The minimum atomic E-state index is 0.612. The van der Waals surface area contributed by atoms with E-state index >= 15 is 0 Å². The Morgan fingerprint density at radius 1 is 0.281 bits per heavy atom. The van der Waals surface area contributed by atoms with Crippen LogP contribution in [0.4, 0.5) is 0 Å². The lowest BCUT2D eigenvalue weighted by Gasteiger charge is -2.17. The molecule has 0 radical (unpaired) electrons. The topological polar surface area (TPSA) is 43.6 Å². The van der Waals surface area contributed by atoms with Crippen molar-refractivity contribution < 1.29 is 0 Å². The Morgan fingerprint density at radius 2 is 0.737 bits per heavy atom. The van der Waals surface area contributed by atoms with Crippen LogP contribution in [0.15, 0.2) is 206 Å². The highest BCUT2D eigenvalue weighted by Gasteiger charge is 2.20. The van der Waals surface area contributed by atoms with Gasteiger partial charge in [0.1, 0.15) is 0 Å². The first-order valence-electron chi connectivity index (χ1n) is 19.3. The van der Waals surface area contributed by atoms with Crippen molar-refractivity contribution in [2.75, 3.05) is 0 Å². The Labute approximate surface area is 330 Å². The van der Waals surface area contributed by atoms with Crippen LogP contribution in [0.1, 0.15) is 0 Å². The molecular weight excluding hydrogens is 693 g/mol. The van der Waals surface area contributed by atoms with E-state index in [1.807, 2.05) is 0 Å². The minimum absolute atomic E-state index is 0.612. The molecule has 0 saturated carbocycles. The van der Waals surface area contributed by atoms with Crippen molar-refractivity contribution in [3.05, 3.63) is 206 Å². The van der Waals surface area contributed by atoms with Crippen LogP contribution in [0, 0.1) is 0 Å². The second-order valence-electron chi connectivity index (χ2n) is 14.4. The summed E-state index contributed by atoms with van der Waals surface area (Å²) in [7, 11) is 0. The molecule has 0 aliphatic heterocycles. The van der Waals surface area contributed by atoms with Crippen LogP contribution in [0.25, 0.3) is 105 Å². The van der Waals surface area contributed by atoms with Gasteiger partial charge in [-0.05, 0) is 68.6 Å². The highest BCUT2D eigenvalue weighted by atomic mass is 15.0. The van der Waals surface area contributed by atoms with E-state index in [1.165, 1.54) is 27.3 Å². The quantitative estimate of drug-likeness (QED) is 0.171. The van der Waals surface area contributed by atoms with Crippen molar-refractivity contribution in [3.8, 4) is 62.1 Å². The molecule has 0 atom stereocenters. The summed E-state index contributed by atoms with van der Waals surface area (Å²) >= 11 is 0. The molecule has 266 valence electrons. The van der Waals surface area contributed by atoms with Crippen molar-refractivity contribution in [2.24, 2.45) is 0 Å². The van der Waals surface area contributed by atoms with Crippen molar-refractivity contribution in [2.45, 2.75) is 0 Å². The number of hydrogen-bond donors (Lipinski definition) is 0. The second-order valence-corrected chi connectivity index (χ2v) is 14.4. The van der Waals surface area contributed by atoms with E-state index in [2.05, 4.69) is 211 Å². The Bertz CT molecular complexity index is 3240. The van der Waals surface area contributed by atoms with Crippen LogP contribution in [-0.4, -0.2) is 19.5 Å². The molecule has 2 heterocycles. The first kappa shape index (κ1) is 32.7. The van der Waals surface area contributed by atoms with E-state index in [1.54, 1.807) is 0 Å². The van der Waals surface area contributed by atoms with Gasteiger partial charge in [0.2, 0.25) is 0 Å². The summed E-state index contributed by atoms with van der Waals surface area (Å²) in [5, 5.41) is 6.97. The highest BCUT2D eigenvalue weighted by molar-refractivity contribution is 6.10. The summed E-state index contributed by atoms with van der Waals surface area (Å²) in [5.74, 6) is 1.87. The molecule has 4 nitrogen and oxygen atoms in total. The zero-order valence-corrected chi connectivity index (χ0v) is 30.9. The molecule has 0 bridgehead atoms. The van der Waals surface area contributed by atoms with Gasteiger partial charge >= 0.3 is 0 Å². The fraction of sp³-hybridized carbons (Fsp3) is 0. The zero-order chi connectivity index (χ0) is 37.7. The molecule has 11 aromatic rings. The molecule has 0 amide bonds. The third kappa shape index (κ3) is 5.66.